The zero-order valence-electron chi connectivity index (χ0n) is 12.1. The minimum absolute atomic E-state index is 0.0905. The minimum Gasteiger partial charge on any atom is -0.302 e. The van der Waals surface area contributed by atoms with Crippen molar-refractivity contribution in [1.29, 1.82) is 0 Å². The van der Waals surface area contributed by atoms with E-state index in [1.807, 2.05) is 6.21 Å². The van der Waals surface area contributed by atoms with Gasteiger partial charge in [-0.25, -0.2) is 0 Å². The third-order valence-electron chi connectivity index (χ3n) is 3.96. The van der Waals surface area contributed by atoms with E-state index in [2.05, 4.69) is 29.5 Å². The van der Waals surface area contributed by atoms with E-state index in [1.54, 1.807) is 0 Å². The van der Waals surface area contributed by atoms with Crippen molar-refractivity contribution in [2.75, 3.05) is 26.2 Å². The zero-order chi connectivity index (χ0) is 13.7. The third kappa shape index (κ3) is 3.66. The molecule has 2 aliphatic rings. The van der Waals surface area contributed by atoms with Crippen LogP contribution < -0.4 is 10.6 Å². The second kappa shape index (κ2) is 7.20. The lowest BCUT2D eigenvalue weighted by atomic mass is 9.75. The summed E-state index contributed by atoms with van der Waals surface area (Å²) in [7, 11) is 6.02. The van der Waals surface area contributed by atoms with Crippen LogP contribution in [0.25, 0.3) is 0 Å². The molecule has 0 bridgehead atoms. The van der Waals surface area contributed by atoms with Gasteiger partial charge in [0.2, 0.25) is 0 Å². The predicted octanol–water partition coefficient (Wildman–Crippen LogP) is 1.04. The first kappa shape index (κ1) is 14.7. The fourth-order valence-electron chi connectivity index (χ4n) is 3.19. The van der Waals surface area contributed by atoms with Gasteiger partial charge >= 0.3 is 0 Å². The molecule has 0 amide bonds. The molecule has 19 heavy (non-hydrogen) atoms. The van der Waals surface area contributed by atoms with Gasteiger partial charge in [0.15, 0.2) is 0 Å². The Morgan fingerprint density at radius 1 is 1.53 bits per heavy atom. The number of nitrogens with one attached hydrogen (secondary N) is 2. The Bertz CT molecular complexity index is 342. The molecule has 1 fully saturated rings. The summed E-state index contributed by atoms with van der Waals surface area (Å²) >= 11 is 0. The van der Waals surface area contributed by atoms with E-state index in [0.29, 0.717) is 18.0 Å². The van der Waals surface area contributed by atoms with E-state index in [4.69, 9.17) is 12.8 Å². The van der Waals surface area contributed by atoms with Crippen LogP contribution in [0.5, 0.6) is 0 Å². The molecule has 0 aromatic carbocycles. The second-order valence-corrected chi connectivity index (χ2v) is 5.39. The van der Waals surface area contributed by atoms with Gasteiger partial charge in [-0.05, 0) is 44.9 Å². The molecule has 4 unspecified atom stereocenters. The Labute approximate surface area is 118 Å². The molecule has 2 aliphatic heterocycles. The predicted molar refractivity (Wildman–Crippen MR) is 82.5 cm³/mol. The lowest BCUT2D eigenvalue weighted by Crippen LogP contribution is -2.46. The van der Waals surface area contributed by atoms with E-state index in [0.717, 1.165) is 39.0 Å². The lowest BCUT2D eigenvalue weighted by Gasteiger charge is -2.30. The van der Waals surface area contributed by atoms with Crippen LogP contribution in [-0.4, -0.2) is 52.1 Å². The summed E-state index contributed by atoms with van der Waals surface area (Å²) in [5.74, 6) is 1.00. The van der Waals surface area contributed by atoms with E-state index in [9.17, 15) is 0 Å². The molecule has 0 aromatic rings. The van der Waals surface area contributed by atoms with Crippen LogP contribution in [-0.2, 0) is 0 Å². The van der Waals surface area contributed by atoms with Gasteiger partial charge in [-0.15, -0.1) is 0 Å². The minimum atomic E-state index is 0.0905. The van der Waals surface area contributed by atoms with Gasteiger partial charge in [0.05, 0.1) is 14.0 Å². The van der Waals surface area contributed by atoms with Gasteiger partial charge in [-0.1, -0.05) is 6.92 Å². The van der Waals surface area contributed by atoms with E-state index in [-0.39, 0.29) is 5.82 Å². The Kier molecular flexibility index (Phi) is 5.58. The van der Waals surface area contributed by atoms with E-state index >= 15 is 0 Å². The molecule has 5 heteroatoms. The molecule has 2 radical (unpaired) electrons. The fraction of sp³-hybridized carbons (Fsp3) is 0.857. The Balaban J connectivity index is 2.11. The Morgan fingerprint density at radius 3 is 3.05 bits per heavy atom. The summed E-state index contributed by atoms with van der Waals surface area (Å²) in [4.78, 5) is 9.22. The lowest BCUT2D eigenvalue weighted by molar-refractivity contribution is 0.437. The fourth-order valence-corrected chi connectivity index (χ4v) is 3.19. The van der Waals surface area contributed by atoms with Crippen LogP contribution in [0.4, 0.5) is 0 Å². The number of nitrogens with zero attached hydrogens (tertiary/aromatic N) is 2. The Morgan fingerprint density at radius 2 is 2.37 bits per heavy atom. The highest BCUT2D eigenvalue weighted by Gasteiger charge is 2.34. The largest absolute Gasteiger partial charge is 0.302 e. The van der Waals surface area contributed by atoms with Gasteiger partial charge < -0.3 is 10.6 Å². The van der Waals surface area contributed by atoms with Crippen molar-refractivity contribution in [3.63, 3.8) is 0 Å². The van der Waals surface area contributed by atoms with E-state index in [1.165, 1.54) is 5.71 Å². The van der Waals surface area contributed by atoms with Crippen LogP contribution in [0.3, 0.4) is 0 Å². The molecule has 0 spiro atoms. The highest BCUT2D eigenvalue weighted by molar-refractivity contribution is 6.20. The number of hydrogen-bond acceptors (Lipinski definition) is 4. The summed E-state index contributed by atoms with van der Waals surface area (Å²) < 4.78 is 0. The van der Waals surface area contributed by atoms with Crippen LogP contribution >= 0.6 is 0 Å². The molecule has 0 aromatic heterocycles. The van der Waals surface area contributed by atoms with Crippen LogP contribution in [0.2, 0.25) is 5.82 Å². The van der Waals surface area contributed by atoms with Crippen LogP contribution in [0.1, 0.15) is 26.7 Å². The Hall–Kier alpha value is -0.675. The SMILES string of the molecule is [B]C1C=NCC(C(=NCC)C2CCNC2NCC)C1. The third-order valence-corrected chi connectivity index (χ3v) is 3.96. The van der Waals surface area contributed by atoms with Gasteiger partial charge in [-0.2, -0.15) is 0 Å². The van der Waals surface area contributed by atoms with Crippen molar-refractivity contribution in [2.24, 2.45) is 21.8 Å². The quantitative estimate of drug-likeness (QED) is 0.573. The molecule has 0 saturated carbocycles. The molecule has 2 rings (SSSR count). The van der Waals surface area contributed by atoms with Crippen molar-refractivity contribution < 1.29 is 0 Å². The molecule has 1 saturated heterocycles. The van der Waals surface area contributed by atoms with Gasteiger partial charge in [0, 0.05) is 30.6 Å². The average molecular weight is 260 g/mol. The first-order valence-corrected chi connectivity index (χ1v) is 7.52. The molecular weight excluding hydrogens is 235 g/mol. The summed E-state index contributed by atoms with van der Waals surface area (Å²) in [6.45, 7) is 8.00. The van der Waals surface area contributed by atoms with Crippen molar-refractivity contribution >= 4 is 19.8 Å². The summed E-state index contributed by atoms with van der Waals surface area (Å²) in [6, 6.07) is 0. The molecule has 2 heterocycles. The van der Waals surface area contributed by atoms with Crippen molar-refractivity contribution in [3.05, 3.63) is 0 Å². The van der Waals surface area contributed by atoms with Gasteiger partial charge in [-0.3, -0.25) is 9.98 Å². The van der Waals surface area contributed by atoms with Crippen molar-refractivity contribution in [3.8, 4) is 0 Å². The molecule has 2 N–H and O–H groups in total. The molecule has 104 valence electrons. The number of rotatable bonds is 5. The maximum Gasteiger partial charge on any atom is 0.0776 e. The van der Waals surface area contributed by atoms with Crippen molar-refractivity contribution in [2.45, 2.75) is 38.7 Å². The molecule has 4 atom stereocenters. The highest BCUT2D eigenvalue weighted by Crippen LogP contribution is 2.27. The average Bonchev–Trinajstić information content (AvgIpc) is 2.84. The monoisotopic (exact) mass is 260 g/mol. The second-order valence-electron chi connectivity index (χ2n) is 5.39. The summed E-state index contributed by atoms with van der Waals surface area (Å²) in [5, 5.41) is 7.06. The number of hydrogen-bond donors (Lipinski definition) is 2. The molecular formula is C14H25BN4. The smallest absolute Gasteiger partial charge is 0.0776 e. The molecule has 4 nitrogen and oxygen atoms in total. The first-order valence-electron chi connectivity index (χ1n) is 7.52. The van der Waals surface area contributed by atoms with Gasteiger partial charge in [0.1, 0.15) is 0 Å². The first-order chi connectivity index (χ1) is 9.26. The maximum atomic E-state index is 6.02. The standard InChI is InChI=1S/C14H25BN4/c1-3-17-13(10-7-11(15)9-16-8-10)12-5-6-19-14(12)18-4-2/h9-12,14,18-19H,3-8H2,1-2H3. The topological polar surface area (TPSA) is 48.8 Å². The van der Waals surface area contributed by atoms with Crippen LogP contribution in [0, 0.1) is 11.8 Å². The van der Waals surface area contributed by atoms with E-state index < -0.39 is 0 Å². The number of aliphatic imine (C=N–C) groups is 2. The maximum absolute atomic E-state index is 6.02. The van der Waals surface area contributed by atoms with Crippen molar-refractivity contribution in [1.82, 2.24) is 10.6 Å². The summed E-state index contributed by atoms with van der Waals surface area (Å²) in [6.07, 6.45) is 4.38. The normalized spacial score (nSPS) is 35.8. The van der Waals surface area contributed by atoms with Gasteiger partial charge in [0.25, 0.3) is 0 Å². The van der Waals surface area contributed by atoms with Crippen LogP contribution in [0.15, 0.2) is 9.98 Å². The molecule has 0 aliphatic carbocycles. The summed E-state index contributed by atoms with van der Waals surface area (Å²) in [5.41, 5.74) is 1.32. The zero-order valence-corrected chi connectivity index (χ0v) is 12.1. The highest BCUT2D eigenvalue weighted by atomic mass is 15.1.